The van der Waals surface area contributed by atoms with Crippen molar-refractivity contribution in [1.29, 1.82) is 0 Å². The Morgan fingerprint density at radius 3 is 2.63 bits per heavy atom. The molecule has 1 aliphatic heterocycles. The highest BCUT2D eigenvalue weighted by atomic mass is 32.1. The van der Waals surface area contributed by atoms with Gasteiger partial charge in [0, 0.05) is 17.9 Å². The number of Topliss-reactive ketones (excluding diaryl/α,β-unsaturated/α-hetero) is 1. The zero-order valence-electron chi connectivity index (χ0n) is 17.7. The predicted molar refractivity (Wildman–Crippen MR) is 120 cm³/mol. The van der Waals surface area contributed by atoms with Crippen LogP contribution in [0.15, 0.2) is 41.8 Å². The van der Waals surface area contributed by atoms with Crippen molar-refractivity contribution in [2.45, 2.75) is 46.3 Å². The molecule has 0 saturated heterocycles. The van der Waals surface area contributed by atoms with Crippen LogP contribution in [-0.4, -0.2) is 24.0 Å². The van der Waals surface area contributed by atoms with Gasteiger partial charge in [-0.3, -0.25) is 9.69 Å². The molecule has 0 atom stereocenters. The topological polar surface area (TPSA) is 55.8 Å². The van der Waals surface area contributed by atoms with Crippen molar-refractivity contribution in [2.75, 3.05) is 11.4 Å². The summed E-state index contributed by atoms with van der Waals surface area (Å²) in [5.74, 6) is 0.715. The maximum atomic E-state index is 12.9. The minimum atomic E-state index is -0.646. The van der Waals surface area contributed by atoms with Gasteiger partial charge < -0.3 is 9.47 Å². The van der Waals surface area contributed by atoms with Gasteiger partial charge in [0.05, 0.1) is 16.9 Å². The van der Waals surface area contributed by atoms with Crippen LogP contribution >= 0.6 is 11.3 Å². The lowest BCUT2D eigenvalue weighted by atomic mass is 9.95. The first kappa shape index (κ1) is 20.4. The number of benzene rings is 2. The van der Waals surface area contributed by atoms with Crippen molar-refractivity contribution in [3.05, 3.63) is 58.5 Å². The molecule has 2 aromatic carbocycles. The monoisotopic (exact) mass is 423 g/mol. The molecule has 156 valence electrons. The molecular weight excluding hydrogens is 398 g/mol. The molecule has 0 radical (unpaired) electrons. The average molecular weight is 424 g/mol. The normalized spacial score (nSPS) is 14.0. The summed E-state index contributed by atoms with van der Waals surface area (Å²) < 4.78 is 12.8. The fourth-order valence-electron chi connectivity index (χ4n) is 3.66. The summed E-state index contributed by atoms with van der Waals surface area (Å²) in [5, 5.41) is 3.07. The molecule has 2 heterocycles. The van der Waals surface area contributed by atoms with Crippen LogP contribution in [0.4, 0.5) is 10.5 Å². The quantitative estimate of drug-likeness (QED) is 0.546. The van der Waals surface area contributed by atoms with Gasteiger partial charge in [0.1, 0.15) is 18.0 Å². The Morgan fingerprint density at radius 1 is 1.20 bits per heavy atom. The number of anilines is 1. The first-order chi connectivity index (χ1) is 14.2. The van der Waals surface area contributed by atoms with Gasteiger partial charge >= 0.3 is 6.09 Å². The summed E-state index contributed by atoms with van der Waals surface area (Å²) in [6.45, 7) is 7.91. The second kappa shape index (κ2) is 7.76. The van der Waals surface area contributed by atoms with E-state index in [1.807, 2.05) is 64.1 Å². The van der Waals surface area contributed by atoms with Crippen molar-refractivity contribution < 1.29 is 19.1 Å². The number of carbonyl (C=O) groups is 2. The number of ketones is 1. The molecule has 30 heavy (non-hydrogen) atoms. The second-order valence-electron chi connectivity index (χ2n) is 8.55. The van der Waals surface area contributed by atoms with Crippen molar-refractivity contribution >= 4 is 39.0 Å². The second-order valence-corrected chi connectivity index (χ2v) is 9.43. The molecule has 0 bridgehead atoms. The van der Waals surface area contributed by atoms with E-state index in [1.54, 1.807) is 11.3 Å². The third-order valence-corrected chi connectivity index (χ3v) is 6.04. The van der Waals surface area contributed by atoms with E-state index in [4.69, 9.17) is 9.47 Å². The Labute approximate surface area is 180 Å². The zero-order valence-corrected chi connectivity index (χ0v) is 18.5. The van der Waals surface area contributed by atoms with E-state index >= 15 is 0 Å². The molecular formula is C24H25NO4S. The third kappa shape index (κ3) is 4.05. The maximum Gasteiger partial charge on any atom is 0.415 e. The SMILES string of the molecule is Cc1csc2c(OCc3ccccc3)cc3c(c12)CC(=O)CN3C(=O)OC(C)(C)C. The van der Waals surface area contributed by atoms with E-state index in [1.165, 1.54) is 4.90 Å². The first-order valence-corrected chi connectivity index (χ1v) is 10.8. The molecule has 5 nitrogen and oxygen atoms in total. The lowest BCUT2D eigenvalue weighted by molar-refractivity contribution is -0.117. The smallest absolute Gasteiger partial charge is 0.415 e. The molecule has 1 amide bonds. The van der Waals surface area contributed by atoms with Crippen molar-refractivity contribution in [1.82, 2.24) is 0 Å². The van der Waals surface area contributed by atoms with Crippen LogP contribution in [0.5, 0.6) is 5.75 Å². The fourth-order valence-corrected chi connectivity index (χ4v) is 4.71. The number of fused-ring (bicyclic) bond motifs is 3. The van der Waals surface area contributed by atoms with Crippen molar-refractivity contribution in [3.63, 3.8) is 0 Å². The molecule has 0 spiro atoms. The highest BCUT2D eigenvalue weighted by molar-refractivity contribution is 7.17. The van der Waals surface area contributed by atoms with Crippen LogP contribution in [0, 0.1) is 6.92 Å². The zero-order chi connectivity index (χ0) is 21.5. The number of ether oxygens (including phenoxy) is 2. The summed E-state index contributed by atoms with van der Waals surface area (Å²) in [6, 6.07) is 11.8. The highest BCUT2D eigenvalue weighted by Gasteiger charge is 2.33. The van der Waals surface area contributed by atoms with Gasteiger partial charge in [0.2, 0.25) is 0 Å². The lowest BCUT2D eigenvalue weighted by Crippen LogP contribution is -2.43. The average Bonchev–Trinajstić information content (AvgIpc) is 3.07. The Balaban J connectivity index is 1.78. The number of carbonyl (C=O) groups excluding carboxylic acids is 2. The molecule has 0 saturated carbocycles. The number of amides is 1. The van der Waals surface area contributed by atoms with Gasteiger partial charge in [-0.2, -0.15) is 0 Å². The van der Waals surface area contributed by atoms with Crippen LogP contribution in [0.1, 0.15) is 37.5 Å². The minimum absolute atomic E-state index is 0.00165. The highest BCUT2D eigenvalue weighted by Crippen LogP contribution is 2.43. The molecule has 4 rings (SSSR count). The Hall–Kier alpha value is -2.86. The third-order valence-electron chi connectivity index (χ3n) is 4.93. The maximum absolute atomic E-state index is 12.9. The van der Waals surface area contributed by atoms with E-state index in [2.05, 4.69) is 5.38 Å². The Kier molecular flexibility index (Phi) is 5.28. The molecule has 6 heteroatoms. The number of hydrogen-bond donors (Lipinski definition) is 0. The van der Waals surface area contributed by atoms with Crippen molar-refractivity contribution in [3.8, 4) is 5.75 Å². The summed E-state index contributed by atoms with van der Waals surface area (Å²) in [5.41, 5.74) is 3.07. The number of rotatable bonds is 3. The van der Waals surface area contributed by atoms with E-state index < -0.39 is 11.7 Å². The predicted octanol–water partition coefficient (Wildman–Crippen LogP) is 5.66. The summed E-state index contributed by atoms with van der Waals surface area (Å²) >= 11 is 1.60. The molecule has 0 fully saturated rings. The molecule has 1 aliphatic rings. The first-order valence-electron chi connectivity index (χ1n) is 9.95. The van der Waals surface area contributed by atoms with Crippen LogP contribution in [0.2, 0.25) is 0 Å². The summed E-state index contributed by atoms with van der Waals surface area (Å²) in [6.07, 6.45) is -0.208. The summed E-state index contributed by atoms with van der Waals surface area (Å²) in [4.78, 5) is 26.8. The van der Waals surface area contributed by atoms with Crippen LogP contribution in [-0.2, 0) is 22.6 Å². The summed E-state index contributed by atoms with van der Waals surface area (Å²) in [7, 11) is 0. The van der Waals surface area contributed by atoms with Crippen LogP contribution in [0.25, 0.3) is 10.1 Å². The van der Waals surface area contributed by atoms with E-state index in [0.29, 0.717) is 24.5 Å². The van der Waals surface area contributed by atoms with E-state index in [9.17, 15) is 9.59 Å². The van der Waals surface area contributed by atoms with Gasteiger partial charge in [-0.05, 0) is 49.8 Å². The van der Waals surface area contributed by atoms with Gasteiger partial charge in [-0.25, -0.2) is 4.79 Å². The number of aryl methyl sites for hydroxylation is 1. The molecule has 0 N–H and O–H groups in total. The van der Waals surface area contributed by atoms with Crippen LogP contribution < -0.4 is 9.64 Å². The fraction of sp³-hybridized carbons (Fsp3) is 0.333. The largest absolute Gasteiger partial charge is 0.487 e. The molecule has 3 aromatic rings. The lowest BCUT2D eigenvalue weighted by Gasteiger charge is -2.32. The molecule has 1 aromatic heterocycles. The molecule has 0 aliphatic carbocycles. The van der Waals surface area contributed by atoms with Crippen LogP contribution in [0.3, 0.4) is 0 Å². The number of thiophene rings is 1. The number of hydrogen-bond acceptors (Lipinski definition) is 5. The molecule has 0 unspecified atom stereocenters. The number of nitrogens with zero attached hydrogens (tertiary/aromatic N) is 1. The minimum Gasteiger partial charge on any atom is -0.487 e. The van der Waals surface area contributed by atoms with Crippen molar-refractivity contribution in [2.24, 2.45) is 0 Å². The van der Waals surface area contributed by atoms with Gasteiger partial charge in [-0.15, -0.1) is 11.3 Å². The van der Waals surface area contributed by atoms with Gasteiger partial charge in [0.25, 0.3) is 0 Å². The Bertz CT molecular complexity index is 1110. The van der Waals surface area contributed by atoms with E-state index in [0.717, 1.165) is 26.8 Å². The van der Waals surface area contributed by atoms with E-state index in [-0.39, 0.29) is 12.3 Å². The van der Waals surface area contributed by atoms with Gasteiger partial charge in [-0.1, -0.05) is 30.3 Å². The standard InChI is InChI=1S/C24H25NO4S/c1-15-14-30-22-20(28-13-16-8-6-5-7-9-16)11-19-18(21(15)22)10-17(26)12-25(19)23(27)29-24(2,3)4/h5-9,11,14H,10,12-13H2,1-4H3. The Morgan fingerprint density at radius 2 is 1.93 bits per heavy atom. The van der Waals surface area contributed by atoms with Gasteiger partial charge in [0.15, 0.2) is 5.78 Å².